The number of benzene rings is 2. The first-order valence-corrected chi connectivity index (χ1v) is 7.72. The molecule has 126 valence electrons. The highest BCUT2D eigenvalue weighted by Gasteiger charge is 2.11. The van der Waals surface area contributed by atoms with Crippen molar-refractivity contribution >= 4 is 29.0 Å². The van der Waals surface area contributed by atoms with Gasteiger partial charge in [-0.05, 0) is 36.4 Å². The van der Waals surface area contributed by atoms with Crippen LogP contribution in [0.25, 0.3) is 0 Å². The first-order valence-electron chi connectivity index (χ1n) is 7.34. The molecule has 0 aromatic heterocycles. The Balaban J connectivity index is 1.91. The van der Waals surface area contributed by atoms with Crippen LogP contribution in [-0.2, 0) is 4.79 Å². The molecule has 6 heteroatoms. The van der Waals surface area contributed by atoms with E-state index in [1.54, 1.807) is 49.6 Å². The smallest absolute Gasteiger partial charge is 0.224 e. The lowest BCUT2D eigenvalue weighted by Gasteiger charge is -2.10. The summed E-state index contributed by atoms with van der Waals surface area (Å²) in [5.41, 5.74) is 1.12. The number of nitrogens with one attached hydrogen (secondary N) is 1. The maximum absolute atomic E-state index is 12.0. The van der Waals surface area contributed by atoms with Crippen molar-refractivity contribution in [3.05, 3.63) is 53.1 Å². The number of amides is 1. The summed E-state index contributed by atoms with van der Waals surface area (Å²) in [5, 5.41) is 3.30. The largest absolute Gasteiger partial charge is 0.493 e. The van der Waals surface area contributed by atoms with E-state index in [9.17, 15) is 9.59 Å². The minimum atomic E-state index is -0.246. The van der Waals surface area contributed by atoms with Crippen molar-refractivity contribution in [2.45, 2.75) is 12.8 Å². The highest BCUT2D eigenvalue weighted by Crippen LogP contribution is 2.29. The number of carbonyl (C=O) groups excluding carboxylic acids is 2. The standard InChI is InChI=1S/C18H18ClNO4/c1-23-16-9-7-14(11-17(16)24-2)20-18(22)10-8-15(21)12-3-5-13(19)6-4-12/h3-7,9,11H,8,10H2,1-2H3,(H,20,22). The normalized spacial score (nSPS) is 10.1. The zero-order valence-electron chi connectivity index (χ0n) is 13.5. The van der Waals surface area contributed by atoms with Crippen LogP contribution >= 0.6 is 11.6 Å². The molecule has 2 aromatic rings. The molecule has 1 N–H and O–H groups in total. The minimum Gasteiger partial charge on any atom is -0.493 e. The molecule has 2 rings (SSSR count). The molecule has 0 unspecified atom stereocenters. The molecular formula is C18H18ClNO4. The van der Waals surface area contributed by atoms with E-state index < -0.39 is 0 Å². The van der Waals surface area contributed by atoms with Gasteiger partial charge in [-0.2, -0.15) is 0 Å². The summed E-state index contributed by atoms with van der Waals surface area (Å²) < 4.78 is 10.3. The second-order valence-electron chi connectivity index (χ2n) is 5.05. The van der Waals surface area contributed by atoms with Crippen LogP contribution in [-0.4, -0.2) is 25.9 Å². The summed E-state index contributed by atoms with van der Waals surface area (Å²) in [4.78, 5) is 24.0. The molecule has 0 aliphatic carbocycles. The monoisotopic (exact) mass is 347 g/mol. The third-order valence-electron chi connectivity index (χ3n) is 3.41. The SMILES string of the molecule is COc1ccc(NC(=O)CCC(=O)c2ccc(Cl)cc2)cc1OC. The molecule has 0 heterocycles. The van der Waals surface area contributed by atoms with Crippen LogP contribution in [0.1, 0.15) is 23.2 Å². The van der Waals surface area contributed by atoms with Gasteiger partial charge in [0.15, 0.2) is 17.3 Å². The summed E-state index contributed by atoms with van der Waals surface area (Å²) in [5.74, 6) is 0.750. The van der Waals surface area contributed by atoms with E-state index in [4.69, 9.17) is 21.1 Å². The Morgan fingerprint density at radius 2 is 1.62 bits per heavy atom. The number of carbonyl (C=O) groups is 2. The van der Waals surface area contributed by atoms with E-state index in [2.05, 4.69) is 5.32 Å². The maximum Gasteiger partial charge on any atom is 0.224 e. The number of halogens is 1. The molecule has 0 saturated carbocycles. The number of methoxy groups -OCH3 is 2. The van der Waals surface area contributed by atoms with Gasteiger partial charge >= 0.3 is 0 Å². The van der Waals surface area contributed by atoms with Crippen molar-refractivity contribution in [2.24, 2.45) is 0 Å². The van der Waals surface area contributed by atoms with Crippen LogP contribution in [0.4, 0.5) is 5.69 Å². The highest BCUT2D eigenvalue weighted by atomic mass is 35.5. The number of hydrogen-bond donors (Lipinski definition) is 1. The topological polar surface area (TPSA) is 64.6 Å². The number of ketones is 1. The van der Waals surface area contributed by atoms with Crippen LogP contribution < -0.4 is 14.8 Å². The number of hydrogen-bond acceptors (Lipinski definition) is 4. The third kappa shape index (κ3) is 4.73. The van der Waals surface area contributed by atoms with Gasteiger partial charge in [-0.15, -0.1) is 0 Å². The van der Waals surface area contributed by atoms with E-state index in [-0.39, 0.29) is 24.5 Å². The van der Waals surface area contributed by atoms with Gasteiger partial charge in [0.25, 0.3) is 0 Å². The zero-order valence-corrected chi connectivity index (χ0v) is 14.2. The summed E-state index contributed by atoms with van der Waals surface area (Å²) in [7, 11) is 3.06. The quantitative estimate of drug-likeness (QED) is 0.770. The fourth-order valence-corrected chi connectivity index (χ4v) is 2.27. The molecule has 24 heavy (non-hydrogen) atoms. The Labute approximate surface area is 145 Å². The fourth-order valence-electron chi connectivity index (χ4n) is 2.14. The number of ether oxygens (including phenoxy) is 2. The van der Waals surface area contributed by atoms with Crippen molar-refractivity contribution in [1.29, 1.82) is 0 Å². The van der Waals surface area contributed by atoms with Crippen LogP contribution in [0.5, 0.6) is 11.5 Å². The average Bonchev–Trinajstić information content (AvgIpc) is 2.60. The fraction of sp³-hybridized carbons (Fsp3) is 0.222. The van der Waals surface area contributed by atoms with E-state index >= 15 is 0 Å². The number of rotatable bonds is 7. The van der Waals surface area contributed by atoms with Gasteiger partial charge in [0.1, 0.15) is 0 Å². The Kier molecular flexibility index (Phi) is 6.21. The van der Waals surface area contributed by atoms with E-state index in [1.807, 2.05) is 0 Å². The average molecular weight is 348 g/mol. The van der Waals surface area contributed by atoms with Crippen molar-refractivity contribution in [3.8, 4) is 11.5 Å². The molecule has 0 bridgehead atoms. The predicted octanol–water partition coefficient (Wildman–Crippen LogP) is 3.96. The van der Waals surface area contributed by atoms with Crippen LogP contribution in [0.15, 0.2) is 42.5 Å². The Morgan fingerprint density at radius 3 is 2.25 bits per heavy atom. The molecule has 5 nitrogen and oxygen atoms in total. The Hall–Kier alpha value is -2.53. The van der Waals surface area contributed by atoms with Gasteiger partial charge in [-0.1, -0.05) is 11.6 Å². The molecular weight excluding hydrogens is 330 g/mol. The summed E-state index contributed by atoms with van der Waals surface area (Å²) in [6, 6.07) is 11.7. The van der Waals surface area contributed by atoms with Crippen LogP contribution in [0, 0.1) is 0 Å². The molecule has 0 fully saturated rings. The molecule has 0 radical (unpaired) electrons. The highest BCUT2D eigenvalue weighted by molar-refractivity contribution is 6.30. The van der Waals surface area contributed by atoms with E-state index in [1.165, 1.54) is 7.11 Å². The zero-order chi connectivity index (χ0) is 17.5. The second-order valence-corrected chi connectivity index (χ2v) is 5.48. The van der Waals surface area contributed by atoms with Crippen molar-refractivity contribution in [1.82, 2.24) is 0 Å². The molecule has 2 aromatic carbocycles. The second kappa shape index (κ2) is 8.36. The summed E-state index contributed by atoms with van der Waals surface area (Å²) in [6.45, 7) is 0. The lowest BCUT2D eigenvalue weighted by molar-refractivity contribution is -0.116. The van der Waals surface area contributed by atoms with Gasteiger partial charge in [-0.25, -0.2) is 0 Å². The van der Waals surface area contributed by atoms with Crippen molar-refractivity contribution in [3.63, 3.8) is 0 Å². The molecule has 0 aliphatic rings. The molecule has 0 atom stereocenters. The maximum atomic E-state index is 12.0. The Bertz CT molecular complexity index is 728. The summed E-state index contributed by atoms with van der Waals surface area (Å²) >= 11 is 5.79. The van der Waals surface area contributed by atoms with Crippen LogP contribution in [0.3, 0.4) is 0 Å². The lowest BCUT2D eigenvalue weighted by atomic mass is 10.1. The van der Waals surface area contributed by atoms with Crippen molar-refractivity contribution in [2.75, 3.05) is 19.5 Å². The van der Waals surface area contributed by atoms with Crippen molar-refractivity contribution < 1.29 is 19.1 Å². The van der Waals surface area contributed by atoms with E-state index in [0.29, 0.717) is 27.8 Å². The van der Waals surface area contributed by atoms with Gasteiger partial charge in [0.05, 0.1) is 14.2 Å². The first kappa shape index (κ1) is 17.8. The van der Waals surface area contributed by atoms with E-state index in [0.717, 1.165) is 0 Å². The molecule has 0 spiro atoms. The third-order valence-corrected chi connectivity index (χ3v) is 3.66. The number of Topliss-reactive ketones (excluding diaryl/α,β-unsaturated/α-hetero) is 1. The minimum absolute atomic E-state index is 0.0931. The molecule has 1 amide bonds. The summed E-state index contributed by atoms with van der Waals surface area (Å²) in [6.07, 6.45) is 0.219. The van der Waals surface area contributed by atoms with Gasteiger partial charge in [0, 0.05) is 35.2 Å². The lowest BCUT2D eigenvalue weighted by Crippen LogP contribution is -2.13. The van der Waals surface area contributed by atoms with Gasteiger partial charge in [-0.3, -0.25) is 9.59 Å². The molecule has 0 saturated heterocycles. The Morgan fingerprint density at radius 1 is 0.958 bits per heavy atom. The number of anilines is 1. The predicted molar refractivity (Wildman–Crippen MR) is 93.2 cm³/mol. The van der Waals surface area contributed by atoms with Gasteiger partial charge in [0.2, 0.25) is 5.91 Å². The first-order chi connectivity index (χ1) is 11.5. The molecule has 0 aliphatic heterocycles. The van der Waals surface area contributed by atoms with Gasteiger partial charge < -0.3 is 14.8 Å². The van der Waals surface area contributed by atoms with Crippen LogP contribution in [0.2, 0.25) is 5.02 Å².